The van der Waals surface area contributed by atoms with Crippen molar-refractivity contribution in [3.05, 3.63) is 72.8 Å². The maximum absolute atomic E-state index is 9.75. The molecule has 249 valence electrons. The zero-order chi connectivity index (χ0) is 33.9. The van der Waals surface area contributed by atoms with Crippen LogP contribution < -0.4 is 20.0 Å². The summed E-state index contributed by atoms with van der Waals surface area (Å²) in [7, 11) is -6.13. The number of nitrogens with one attached hydrogen (secondary N) is 1. The van der Waals surface area contributed by atoms with Crippen LogP contribution in [0.15, 0.2) is 72.8 Å². The molecule has 0 saturated carbocycles. The van der Waals surface area contributed by atoms with Gasteiger partial charge in [0.2, 0.25) is 0 Å². The predicted molar refractivity (Wildman–Crippen MR) is 161 cm³/mol. The molecule has 1 aliphatic rings. The van der Waals surface area contributed by atoms with Crippen molar-refractivity contribution in [3.63, 3.8) is 0 Å². The van der Waals surface area contributed by atoms with Crippen molar-refractivity contribution >= 4 is 66.8 Å². The Morgan fingerprint density at radius 3 is 0.957 bits per heavy atom. The van der Waals surface area contributed by atoms with Crippen molar-refractivity contribution in [2.24, 2.45) is 0 Å². The van der Waals surface area contributed by atoms with E-state index in [1.165, 1.54) is 13.8 Å². The van der Waals surface area contributed by atoms with Crippen LogP contribution in [0.3, 0.4) is 0 Å². The largest absolute Gasteiger partial charge is 2.00 e. The molecule has 4 aromatic rings. The molecule has 1 N–H and O–H groups in total. The minimum atomic E-state index is -6.00. The first-order chi connectivity index (χ1) is 20.8. The summed E-state index contributed by atoms with van der Waals surface area (Å²) >= 11 is 0. The Labute approximate surface area is 270 Å². The van der Waals surface area contributed by atoms with E-state index >= 15 is 0 Å². The summed E-state index contributed by atoms with van der Waals surface area (Å²) in [4.78, 5) is 34.5. The number of halogens is 8. The number of nitrogens with zero attached hydrogens (tertiary/aromatic N) is 7. The van der Waals surface area contributed by atoms with E-state index in [9.17, 15) is 39.3 Å². The summed E-state index contributed by atoms with van der Waals surface area (Å²) in [5.74, 6) is 6.28. The number of anilines is 8. The second-order valence-corrected chi connectivity index (χ2v) is 9.17. The van der Waals surface area contributed by atoms with Crippen LogP contribution in [0.5, 0.6) is 0 Å². The fraction of sp³-hybridized carbons (Fsp3) is 0.192. The summed E-state index contributed by atoms with van der Waals surface area (Å²) in [6.07, 6.45) is 0. The van der Waals surface area contributed by atoms with Crippen LogP contribution in [-0.2, 0) is 21.6 Å². The minimum Gasteiger partial charge on any atom is -0.418 e. The molecular weight excluding hydrogens is 673 g/mol. The minimum absolute atomic E-state index is 0. The summed E-state index contributed by atoms with van der Waals surface area (Å²) in [5.41, 5.74) is 0. The number of Topliss-reactive ketones (excluding diaryl/α,β-unsaturated/α-hetero) is 1. The van der Waals surface area contributed by atoms with Crippen LogP contribution in [0.25, 0.3) is 0 Å². The van der Waals surface area contributed by atoms with Crippen LogP contribution in [0.4, 0.5) is 81.1 Å². The number of pyridine rings is 4. The quantitative estimate of drug-likeness (QED) is 0.146. The van der Waals surface area contributed by atoms with Gasteiger partial charge < -0.3 is 59.3 Å². The summed E-state index contributed by atoms with van der Waals surface area (Å²) in [5, 5.41) is 3.30. The van der Waals surface area contributed by atoms with E-state index in [1.54, 1.807) is 0 Å². The molecule has 9 nitrogen and oxygen atoms in total. The monoisotopic (exact) mass is 701 g/mol. The predicted octanol–water partition coefficient (Wildman–Crippen LogP) is 7.82. The number of fused-ring (bicyclic) bond motifs is 8. The number of rotatable bonds is 0. The summed E-state index contributed by atoms with van der Waals surface area (Å²) in [6.45, 7) is 3.06. The Hall–Kier alpha value is -4.45. The van der Waals surface area contributed by atoms with Crippen LogP contribution >= 0.6 is 0 Å². The summed E-state index contributed by atoms with van der Waals surface area (Å²) < 4.78 is 78.0. The van der Waals surface area contributed by atoms with Gasteiger partial charge in [0.25, 0.3) is 0 Å². The molecule has 0 aromatic carbocycles. The number of carbonyl (C=O) groups is 1. The molecule has 20 heteroatoms. The Bertz CT molecular complexity index is 1450. The third-order valence-electron chi connectivity index (χ3n) is 5.23. The molecule has 0 spiro atoms. The van der Waals surface area contributed by atoms with E-state index in [4.69, 9.17) is 19.9 Å². The Morgan fingerprint density at radius 2 is 0.717 bits per heavy atom. The van der Waals surface area contributed by atoms with E-state index in [0.29, 0.717) is 11.6 Å². The number of ketones is 1. The van der Waals surface area contributed by atoms with Gasteiger partial charge in [-0.1, -0.05) is 24.3 Å². The van der Waals surface area contributed by atoms with E-state index < -0.39 is 14.5 Å². The van der Waals surface area contributed by atoms with Gasteiger partial charge in [0, 0.05) is 21.1 Å². The molecule has 1 radical (unpaired) electrons. The summed E-state index contributed by atoms with van der Waals surface area (Å²) in [6, 6.07) is 23.5. The molecule has 1 aliphatic heterocycles. The van der Waals surface area contributed by atoms with Crippen molar-refractivity contribution in [2.75, 3.05) is 41.2 Å². The second-order valence-electron chi connectivity index (χ2n) is 9.17. The second kappa shape index (κ2) is 17.3. The van der Waals surface area contributed by atoms with Crippen molar-refractivity contribution in [2.45, 2.75) is 13.8 Å². The van der Waals surface area contributed by atoms with Gasteiger partial charge >= 0.3 is 31.3 Å². The van der Waals surface area contributed by atoms with E-state index in [0.717, 1.165) is 34.9 Å². The third kappa shape index (κ3) is 14.6. The maximum atomic E-state index is 9.75. The molecule has 5 rings (SSSR count). The van der Waals surface area contributed by atoms with E-state index in [1.807, 2.05) is 109 Å². The first-order valence-corrected chi connectivity index (χ1v) is 12.9. The SMILES string of the molecule is CC(C)=O.CN1c2cccc(n2)Nc2cccc(n2)N(C)c2cccc(n2)N(C)c2cccc1n2.F[B-](F)(F)F.F[B-](F)(F)F.[Co+2]. The zero-order valence-corrected chi connectivity index (χ0v) is 26.0. The number of hydrogen-bond donors (Lipinski definition) is 1. The number of aromatic nitrogens is 4. The van der Waals surface area contributed by atoms with Crippen molar-refractivity contribution in [3.8, 4) is 0 Å². The molecule has 46 heavy (non-hydrogen) atoms. The smallest absolute Gasteiger partial charge is 0.418 e. The van der Waals surface area contributed by atoms with Crippen molar-refractivity contribution in [1.29, 1.82) is 0 Å². The first kappa shape index (κ1) is 39.6. The molecule has 0 unspecified atom stereocenters. The third-order valence-corrected chi connectivity index (χ3v) is 5.23. The molecule has 0 amide bonds. The zero-order valence-electron chi connectivity index (χ0n) is 25.0. The topological polar surface area (TPSA) is 90.4 Å². The maximum Gasteiger partial charge on any atom is 2.00 e. The Balaban J connectivity index is 0.000000598. The molecular formula is C26H28B2CoF8N8O. The van der Waals surface area contributed by atoms with Gasteiger partial charge in [0.05, 0.1) is 0 Å². The van der Waals surface area contributed by atoms with Crippen LogP contribution in [0, 0.1) is 0 Å². The fourth-order valence-electron chi connectivity index (χ4n) is 3.41. The van der Waals surface area contributed by atoms with Crippen LogP contribution in [0.1, 0.15) is 13.8 Å². The van der Waals surface area contributed by atoms with Crippen molar-refractivity contribution < 1.29 is 56.1 Å². The van der Waals surface area contributed by atoms with Gasteiger partial charge in [-0.25, -0.2) is 19.9 Å². The van der Waals surface area contributed by atoms with Crippen LogP contribution in [0.2, 0.25) is 0 Å². The van der Waals surface area contributed by atoms with Gasteiger partial charge in [-0.2, -0.15) is 0 Å². The average molecular weight is 701 g/mol. The number of carbonyl (C=O) groups excluding carboxylic acids is 1. The molecule has 0 atom stereocenters. The molecule has 4 aromatic heterocycles. The number of hydrogen-bond acceptors (Lipinski definition) is 9. The first-order valence-electron chi connectivity index (χ1n) is 12.9. The van der Waals surface area contributed by atoms with Crippen LogP contribution in [-0.4, -0.2) is 61.4 Å². The van der Waals surface area contributed by atoms with Gasteiger partial charge in [-0.15, -0.1) is 0 Å². The molecule has 8 bridgehead atoms. The average Bonchev–Trinajstić information content (AvgIpc) is 2.94. The molecule has 5 heterocycles. The van der Waals surface area contributed by atoms with Gasteiger partial charge in [-0.05, 0) is 62.4 Å². The Morgan fingerprint density at radius 1 is 0.522 bits per heavy atom. The van der Waals surface area contributed by atoms with E-state index in [-0.39, 0.29) is 22.6 Å². The Kier molecular flexibility index (Phi) is 14.9. The van der Waals surface area contributed by atoms with Gasteiger partial charge in [-0.3, -0.25) is 0 Å². The molecule has 0 aliphatic carbocycles. The van der Waals surface area contributed by atoms with Gasteiger partial charge in [0.15, 0.2) is 0 Å². The fourth-order valence-corrected chi connectivity index (χ4v) is 3.41. The molecule has 0 fully saturated rings. The van der Waals surface area contributed by atoms with Gasteiger partial charge in [0.1, 0.15) is 52.3 Å². The standard InChI is InChI=1S/C23H22N8.C3H6O.2BF4.Co/c1-29-18-10-4-8-16(25-18)24-17-9-5-11-19(26-17)30(2)21-13-7-15-23(28-21)31(3)22-14-6-12-20(29)27-22;1-3(2)4;2*2-1(3,4)5;/h4-15H,1-3H3,(H,24,25,26);1-2H3;;;/q;;2*-1;+2. The van der Waals surface area contributed by atoms with Crippen molar-refractivity contribution in [1.82, 2.24) is 19.9 Å². The molecule has 0 saturated heterocycles. The van der Waals surface area contributed by atoms with E-state index in [2.05, 4.69) is 5.32 Å². The normalized spacial score (nSPS) is 12.0.